The monoisotopic (exact) mass is 265 g/mol. The third kappa shape index (κ3) is 3.11. The number of rotatable bonds is 3. The van der Waals surface area contributed by atoms with Gasteiger partial charge in [-0.15, -0.1) is 0 Å². The molecule has 0 aliphatic carbocycles. The molecule has 0 unspecified atom stereocenters. The highest BCUT2D eigenvalue weighted by atomic mass is 35.5. The summed E-state index contributed by atoms with van der Waals surface area (Å²) < 4.78 is 10.5. The van der Waals surface area contributed by atoms with E-state index >= 15 is 0 Å². The van der Waals surface area contributed by atoms with Gasteiger partial charge >= 0.3 is 5.97 Å². The maximum absolute atomic E-state index is 11.3. The highest BCUT2D eigenvalue weighted by Gasteiger charge is 2.07. The smallest absolute Gasteiger partial charge is 0.331 e. The fourth-order valence-electron chi connectivity index (χ4n) is 1.44. The Balaban J connectivity index is 2.08. The quantitative estimate of drug-likeness (QED) is 0.484. The molecule has 0 atom stereocenters. The molecule has 0 spiro atoms. The van der Waals surface area contributed by atoms with E-state index in [0.717, 1.165) is 5.57 Å². The molecule has 2 heterocycles. The third-order valence-electron chi connectivity index (χ3n) is 2.15. The Morgan fingerprint density at radius 3 is 3.00 bits per heavy atom. The van der Waals surface area contributed by atoms with Crippen molar-refractivity contribution in [2.75, 3.05) is 0 Å². The van der Waals surface area contributed by atoms with E-state index in [0.29, 0.717) is 22.0 Å². The SMILES string of the molecule is CC(C)=CC(=O)OCc1cc2nc(Cl)ccc2o1. The first-order chi connectivity index (χ1) is 8.54. The van der Waals surface area contributed by atoms with Crippen LogP contribution in [0.1, 0.15) is 19.6 Å². The number of aromatic nitrogens is 1. The van der Waals surface area contributed by atoms with Gasteiger partial charge < -0.3 is 9.15 Å². The number of hydrogen-bond donors (Lipinski definition) is 0. The van der Waals surface area contributed by atoms with Crippen LogP contribution in [-0.4, -0.2) is 11.0 Å². The molecule has 0 radical (unpaired) electrons. The van der Waals surface area contributed by atoms with Gasteiger partial charge in [-0.05, 0) is 26.0 Å². The maximum atomic E-state index is 11.3. The van der Waals surface area contributed by atoms with E-state index in [9.17, 15) is 4.79 Å². The molecule has 0 N–H and O–H groups in total. The summed E-state index contributed by atoms with van der Waals surface area (Å²) in [7, 11) is 0. The van der Waals surface area contributed by atoms with Crippen LogP contribution in [-0.2, 0) is 16.1 Å². The second-order valence-corrected chi connectivity index (χ2v) is 4.45. The Bertz CT molecular complexity index is 612. The number of carbonyl (C=O) groups excluding carboxylic acids is 1. The van der Waals surface area contributed by atoms with Gasteiger partial charge in [-0.3, -0.25) is 0 Å². The molecule has 2 rings (SSSR count). The van der Waals surface area contributed by atoms with Crippen molar-refractivity contribution in [2.24, 2.45) is 0 Å². The van der Waals surface area contributed by atoms with Crippen LogP contribution in [0.15, 0.2) is 34.3 Å². The summed E-state index contributed by atoms with van der Waals surface area (Å²) in [6.45, 7) is 3.74. The molecule has 0 aromatic carbocycles. The van der Waals surface area contributed by atoms with E-state index in [4.69, 9.17) is 20.8 Å². The van der Waals surface area contributed by atoms with Crippen molar-refractivity contribution in [2.45, 2.75) is 20.5 Å². The van der Waals surface area contributed by atoms with E-state index in [-0.39, 0.29) is 12.6 Å². The lowest BCUT2D eigenvalue weighted by molar-refractivity contribution is -0.139. The van der Waals surface area contributed by atoms with Gasteiger partial charge in [0.15, 0.2) is 5.58 Å². The molecule has 0 fully saturated rings. The lowest BCUT2D eigenvalue weighted by Crippen LogP contribution is -2.00. The van der Waals surface area contributed by atoms with E-state index in [2.05, 4.69) is 4.98 Å². The number of furan rings is 1. The van der Waals surface area contributed by atoms with Gasteiger partial charge in [0, 0.05) is 12.1 Å². The summed E-state index contributed by atoms with van der Waals surface area (Å²) >= 11 is 5.77. The van der Waals surface area contributed by atoms with Crippen molar-refractivity contribution in [3.05, 3.63) is 40.8 Å². The number of carbonyl (C=O) groups is 1. The van der Waals surface area contributed by atoms with Crippen molar-refractivity contribution < 1.29 is 13.9 Å². The lowest BCUT2D eigenvalue weighted by Gasteiger charge is -1.98. The standard InChI is InChI=1S/C13H12ClNO3/c1-8(2)5-13(16)17-7-9-6-10-11(18-9)3-4-12(14)15-10/h3-6H,7H2,1-2H3. The second kappa shape index (κ2) is 5.23. The van der Waals surface area contributed by atoms with Crippen LogP contribution in [0.2, 0.25) is 5.15 Å². The van der Waals surface area contributed by atoms with E-state index < -0.39 is 0 Å². The predicted molar refractivity (Wildman–Crippen MR) is 68.2 cm³/mol. The molecule has 0 aliphatic heterocycles. The fraction of sp³-hybridized carbons (Fsp3) is 0.231. The first-order valence-electron chi connectivity index (χ1n) is 5.41. The fourth-order valence-corrected chi connectivity index (χ4v) is 1.59. The van der Waals surface area contributed by atoms with Gasteiger partial charge in [-0.1, -0.05) is 17.2 Å². The van der Waals surface area contributed by atoms with Gasteiger partial charge in [-0.2, -0.15) is 0 Å². The number of ether oxygens (including phenoxy) is 1. The Kier molecular flexibility index (Phi) is 3.67. The van der Waals surface area contributed by atoms with Gasteiger partial charge in [0.1, 0.15) is 23.0 Å². The molecular weight excluding hydrogens is 254 g/mol. The van der Waals surface area contributed by atoms with Crippen LogP contribution in [0, 0.1) is 0 Å². The molecule has 0 amide bonds. The zero-order chi connectivity index (χ0) is 13.1. The van der Waals surface area contributed by atoms with Crippen molar-refractivity contribution >= 4 is 28.7 Å². The zero-order valence-electron chi connectivity index (χ0n) is 10.1. The molecule has 18 heavy (non-hydrogen) atoms. The number of fused-ring (bicyclic) bond motifs is 1. The molecule has 0 bridgehead atoms. The van der Waals surface area contributed by atoms with Crippen molar-refractivity contribution in [1.82, 2.24) is 4.98 Å². The molecule has 0 aliphatic rings. The predicted octanol–water partition coefficient (Wildman–Crippen LogP) is 3.49. The molecule has 94 valence electrons. The minimum absolute atomic E-state index is 0.0800. The summed E-state index contributed by atoms with van der Waals surface area (Å²) in [5.74, 6) is 0.150. The van der Waals surface area contributed by atoms with Gasteiger partial charge in [0.2, 0.25) is 0 Å². The first kappa shape index (κ1) is 12.6. The number of hydrogen-bond acceptors (Lipinski definition) is 4. The topological polar surface area (TPSA) is 52.3 Å². The van der Waals surface area contributed by atoms with Crippen molar-refractivity contribution in [3.8, 4) is 0 Å². The molecule has 2 aromatic rings. The molecule has 4 nitrogen and oxygen atoms in total. The van der Waals surface area contributed by atoms with Gasteiger partial charge in [0.25, 0.3) is 0 Å². The summed E-state index contributed by atoms with van der Waals surface area (Å²) in [6.07, 6.45) is 1.43. The summed E-state index contributed by atoms with van der Waals surface area (Å²) in [5.41, 5.74) is 2.15. The van der Waals surface area contributed by atoms with E-state index in [1.54, 1.807) is 18.2 Å². The molecule has 2 aromatic heterocycles. The van der Waals surface area contributed by atoms with Gasteiger partial charge in [0.05, 0.1) is 0 Å². The van der Waals surface area contributed by atoms with E-state index in [1.165, 1.54) is 6.08 Å². The van der Waals surface area contributed by atoms with Crippen LogP contribution >= 0.6 is 11.6 Å². The van der Waals surface area contributed by atoms with E-state index in [1.807, 2.05) is 13.8 Å². The van der Waals surface area contributed by atoms with Crippen LogP contribution < -0.4 is 0 Å². The first-order valence-corrected chi connectivity index (χ1v) is 5.79. The Morgan fingerprint density at radius 1 is 1.50 bits per heavy atom. The average molecular weight is 266 g/mol. The number of nitrogens with zero attached hydrogens (tertiary/aromatic N) is 1. The minimum atomic E-state index is -0.388. The Morgan fingerprint density at radius 2 is 2.28 bits per heavy atom. The average Bonchev–Trinajstić information content (AvgIpc) is 2.67. The normalized spacial score (nSPS) is 10.4. The van der Waals surface area contributed by atoms with Crippen LogP contribution in [0.4, 0.5) is 0 Å². The number of halogens is 1. The summed E-state index contributed by atoms with van der Waals surface area (Å²) in [6, 6.07) is 5.08. The summed E-state index contributed by atoms with van der Waals surface area (Å²) in [5, 5.41) is 0.399. The van der Waals surface area contributed by atoms with Crippen molar-refractivity contribution in [3.63, 3.8) is 0 Å². The zero-order valence-corrected chi connectivity index (χ0v) is 10.8. The highest BCUT2D eigenvalue weighted by Crippen LogP contribution is 2.20. The largest absolute Gasteiger partial charge is 0.456 e. The number of allylic oxidation sites excluding steroid dienone is 1. The number of esters is 1. The van der Waals surface area contributed by atoms with Crippen LogP contribution in [0.3, 0.4) is 0 Å². The third-order valence-corrected chi connectivity index (χ3v) is 2.36. The maximum Gasteiger partial charge on any atom is 0.331 e. The highest BCUT2D eigenvalue weighted by molar-refractivity contribution is 6.29. The molecule has 0 saturated heterocycles. The second-order valence-electron chi connectivity index (χ2n) is 4.06. The number of pyridine rings is 1. The molecular formula is C13H12ClNO3. The lowest BCUT2D eigenvalue weighted by atomic mass is 10.3. The molecule has 0 saturated carbocycles. The van der Waals surface area contributed by atoms with Gasteiger partial charge in [-0.25, -0.2) is 9.78 Å². The molecule has 5 heteroatoms. The Hall–Kier alpha value is -1.81. The van der Waals surface area contributed by atoms with Crippen LogP contribution in [0.5, 0.6) is 0 Å². The van der Waals surface area contributed by atoms with Crippen molar-refractivity contribution in [1.29, 1.82) is 0 Å². The van der Waals surface area contributed by atoms with Crippen LogP contribution in [0.25, 0.3) is 11.1 Å². The minimum Gasteiger partial charge on any atom is -0.456 e. The Labute approximate surface area is 109 Å². The summed E-state index contributed by atoms with van der Waals surface area (Å²) in [4.78, 5) is 15.4.